The van der Waals surface area contributed by atoms with Crippen molar-refractivity contribution in [3.63, 3.8) is 0 Å². The molecule has 1 aromatic heterocycles. The summed E-state index contributed by atoms with van der Waals surface area (Å²) in [7, 11) is 0. The third-order valence-electron chi connectivity index (χ3n) is 3.33. The van der Waals surface area contributed by atoms with Gasteiger partial charge in [0.25, 0.3) is 0 Å². The van der Waals surface area contributed by atoms with Gasteiger partial charge < -0.3 is 5.73 Å². The number of nitrogens with two attached hydrogens (primary N) is 1. The summed E-state index contributed by atoms with van der Waals surface area (Å²) >= 11 is 8.91. The van der Waals surface area contributed by atoms with Crippen molar-refractivity contribution >= 4 is 43.2 Å². The number of piperidine rings is 1. The van der Waals surface area contributed by atoms with Crippen LogP contribution in [-0.2, 0) is 6.54 Å². The zero-order valence-electron chi connectivity index (χ0n) is 9.96. The number of nitrogens with zero attached hydrogens (tertiary/aromatic N) is 1. The predicted molar refractivity (Wildman–Crippen MR) is 81.4 cm³/mol. The van der Waals surface area contributed by atoms with E-state index in [0.29, 0.717) is 6.04 Å². The molecule has 1 aliphatic rings. The van der Waals surface area contributed by atoms with Crippen LogP contribution in [0.25, 0.3) is 0 Å². The Hall–Kier alpha value is 0.580. The van der Waals surface area contributed by atoms with Gasteiger partial charge in [0.1, 0.15) is 0 Å². The van der Waals surface area contributed by atoms with Gasteiger partial charge in [-0.25, -0.2) is 0 Å². The Morgan fingerprint density at radius 2 is 2.29 bits per heavy atom. The lowest BCUT2D eigenvalue weighted by molar-refractivity contribution is 0.124. The van der Waals surface area contributed by atoms with Gasteiger partial charge in [-0.2, -0.15) is 0 Å². The molecule has 2 nitrogen and oxygen atoms in total. The minimum Gasteiger partial charge on any atom is -0.327 e. The summed E-state index contributed by atoms with van der Waals surface area (Å²) in [5.74, 6) is 0. The topological polar surface area (TPSA) is 29.3 Å². The third-order valence-corrected chi connectivity index (χ3v) is 6.57. The molecular formula is C12H18Br2N2S. The van der Waals surface area contributed by atoms with Gasteiger partial charge in [-0.3, -0.25) is 4.90 Å². The molecule has 0 aromatic carbocycles. The first-order chi connectivity index (χ1) is 8.08. The van der Waals surface area contributed by atoms with Crippen LogP contribution in [0.3, 0.4) is 0 Å². The fourth-order valence-corrected chi connectivity index (χ4v) is 4.68. The summed E-state index contributed by atoms with van der Waals surface area (Å²) in [5.41, 5.74) is 6.09. The highest BCUT2D eigenvalue weighted by molar-refractivity contribution is 9.13. The molecule has 0 saturated carbocycles. The highest BCUT2D eigenvalue weighted by Crippen LogP contribution is 2.34. The Morgan fingerprint density at radius 1 is 1.53 bits per heavy atom. The van der Waals surface area contributed by atoms with Gasteiger partial charge in [-0.1, -0.05) is 6.42 Å². The van der Waals surface area contributed by atoms with E-state index in [-0.39, 0.29) is 6.04 Å². The molecule has 5 heteroatoms. The summed E-state index contributed by atoms with van der Waals surface area (Å²) < 4.78 is 2.34. The van der Waals surface area contributed by atoms with Crippen LogP contribution in [0.4, 0.5) is 0 Å². The number of hydrogen-bond acceptors (Lipinski definition) is 3. The molecule has 1 saturated heterocycles. The Kier molecular flexibility index (Phi) is 5.06. The maximum absolute atomic E-state index is 6.09. The first-order valence-electron chi connectivity index (χ1n) is 6.01. The number of thiophene rings is 1. The minimum atomic E-state index is 0.266. The van der Waals surface area contributed by atoms with Crippen molar-refractivity contribution < 1.29 is 0 Å². The van der Waals surface area contributed by atoms with Crippen LogP contribution in [0.2, 0.25) is 0 Å². The maximum atomic E-state index is 6.09. The van der Waals surface area contributed by atoms with E-state index in [2.05, 4.69) is 49.7 Å². The second-order valence-corrected chi connectivity index (χ2v) is 8.04. The molecule has 0 amide bonds. The van der Waals surface area contributed by atoms with Crippen LogP contribution < -0.4 is 5.73 Å². The standard InChI is InChI=1S/C12H18Br2N2S/c1-8(15)11-4-2-3-5-16(11)7-9-6-10(13)12(14)17-9/h6,8,11H,2-5,7,15H2,1H3. The maximum Gasteiger partial charge on any atom is 0.0843 e. The van der Waals surface area contributed by atoms with Gasteiger partial charge in [-0.15, -0.1) is 11.3 Å². The van der Waals surface area contributed by atoms with Crippen molar-refractivity contribution in [2.45, 2.75) is 44.8 Å². The first kappa shape index (κ1) is 14.0. The largest absolute Gasteiger partial charge is 0.327 e. The SMILES string of the molecule is CC(N)C1CCCCN1Cc1cc(Br)c(Br)s1. The molecule has 1 fully saturated rings. The highest BCUT2D eigenvalue weighted by atomic mass is 79.9. The minimum absolute atomic E-state index is 0.266. The molecule has 2 rings (SSSR count). The summed E-state index contributed by atoms with van der Waals surface area (Å²) in [6.07, 6.45) is 3.86. The molecule has 0 aliphatic carbocycles. The van der Waals surface area contributed by atoms with E-state index in [4.69, 9.17) is 5.73 Å². The predicted octanol–water partition coefficient (Wildman–Crippen LogP) is 3.97. The van der Waals surface area contributed by atoms with E-state index in [1.165, 1.54) is 34.5 Å². The molecule has 1 aliphatic heterocycles. The average Bonchev–Trinajstić information content (AvgIpc) is 2.58. The van der Waals surface area contributed by atoms with Crippen molar-refractivity contribution in [2.75, 3.05) is 6.54 Å². The smallest absolute Gasteiger partial charge is 0.0843 e. The Balaban J connectivity index is 2.05. The van der Waals surface area contributed by atoms with Crippen molar-refractivity contribution in [3.05, 3.63) is 19.2 Å². The third kappa shape index (κ3) is 3.53. The van der Waals surface area contributed by atoms with Gasteiger partial charge in [0.2, 0.25) is 0 Å². The average molecular weight is 382 g/mol. The fourth-order valence-electron chi connectivity index (χ4n) is 2.48. The summed E-state index contributed by atoms with van der Waals surface area (Å²) in [4.78, 5) is 3.94. The van der Waals surface area contributed by atoms with E-state index < -0.39 is 0 Å². The lowest BCUT2D eigenvalue weighted by Crippen LogP contribution is -2.48. The highest BCUT2D eigenvalue weighted by Gasteiger charge is 2.25. The molecule has 2 N–H and O–H groups in total. The lowest BCUT2D eigenvalue weighted by atomic mass is 9.97. The van der Waals surface area contributed by atoms with Crippen LogP contribution in [-0.4, -0.2) is 23.5 Å². The number of hydrogen-bond donors (Lipinski definition) is 1. The number of halogens is 2. The summed E-state index contributed by atoms with van der Waals surface area (Å²) in [6.45, 7) is 4.34. The quantitative estimate of drug-likeness (QED) is 0.857. The number of rotatable bonds is 3. The molecule has 17 heavy (non-hydrogen) atoms. The molecule has 1 aromatic rings. The molecule has 2 unspecified atom stereocenters. The van der Waals surface area contributed by atoms with Crippen molar-refractivity contribution in [2.24, 2.45) is 5.73 Å². The molecule has 2 atom stereocenters. The Bertz CT molecular complexity index is 359. The zero-order valence-corrected chi connectivity index (χ0v) is 13.9. The van der Waals surface area contributed by atoms with Crippen LogP contribution in [0.1, 0.15) is 31.1 Å². The monoisotopic (exact) mass is 380 g/mol. The van der Waals surface area contributed by atoms with Gasteiger partial charge in [0.05, 0.1) is 3.79 Å². The fraction of sp³-hybridized carbons (Fsp3) is 0.667. The van der Waals surface area contributed by atoms with Crippen LogP contribution >= 0.6 is 43.2 Å². The van der Waals surface area contributed by atoms with Gasteiger partial charge in [0, 0.05) is 28.0 Å². The van der Waals surface area contributed by atoms with Crippen molar-refractivity contribution in [3.8, 4) is 0 Å². The Morgan fingerprint density at radius 3 is 2.88 bits per heavy atom. The van der Waals surface area contributed by atoms with Gasteiger partial charge >= 0.3 is 0 Å². The van der Waals surface area contributed by atoms with E-state index in [1.807, 2.05) is 11.3 Å². The molecule has 2 heterocycles. The summed E-state index contributed by atoms with van der Waals surface area (Å²) in [6, 6.07) is 3.02. The van der Waals surface area contributed by atoms with Crippen molar-refractivity contribution in [1.29, 1.82) is 0 Å². The molecule has 96 valence electrons. The van der Waals surface area contributed by atoms with Crippen LogP contribution in [0, 0.1) is 0 Å². The van der Waals surface area contributed by atoms with E-state index in [0.717, 1.165) is 11.0 Å². The van der Waals surface area contributed by atoms with E-state index in [9.17, 15) is 0 Å². The zero-order chi connectivity index (χ0) is 12.4. The van der Waals surface area contributed by atoms with E-state index in [1.54, 1.807) is 0 Å². The van der Waals surface area contributed by atoms with Crippen LogP contribution in [0.15, 0.2) is 14.3 Å². The van der Waals surface area contributed by atoms with Crippen LogP contribution in [0.5, 0.6) is 0 Å². The van der Waals surface area contributed by atoms with Gasteiger partial charge in [-0.05, 0) is 64.2 Å². The van der Waals surface area contributed by atoms with Gasteiger partial charge in [0.15, 0.2) is 0 Å². The summed E-state index contributed by atoms with van der Waals surface area (Å²) in [5, 5.41) is 0. The first-order valence-corrected chi connectivity index (χ1v) is 8.41. The molecule has 0 bridgehead atoms. The molecule has 0 spiro atoms. The van der Waals surface area contributed by atoms with E-state index >= 15 is 0 Å². The lowest BCUT2D eigenvalue weighted by Gasteiger charge is -2.37. The second-order valence-electron chi connectivity index (χ2n) is 4.73. The van der Waals surface area contributed by atoms with Crippen molar-refractivity contribution in [1.82, 2.24) is 4.90 Å². The Labute approximate surface area is 124 Å². The number of likely N-dealkylation sites (tertiary alicyclic amines) is 1. The molecule has 0 radical (unpaired) electrons. The second kappa shape index (κ2) is 6.15. The molecular weight excluding hydrogens is 364 g/mol. The normalized spacial score (nSPS) is 23.9.